The summed E-state index contributed by atoms with van der Waals surface area (Å²) in [5, 5.41) is 14.3. The van der Waals surface area contributed by atoms with Gasteiger partial charge in [0.2, 0.25) is 0 Å². The second-order valence-corrected chi connectivity index (χ2v) is 10.6. The Kier molecular flexibility index (Phi) is 10.1. The number of hydrogen-bond acceptors (Lipinski definition) is 6. The Bertz CT molecular complexity index is 694. The molecule has 1 heterocycles. The van der Waals surface area contributed by atoms with E-state index in [0.29, 0.717) is 11.7 Å². The van der Waals surface area contributed by atoms with Crippen LogP contribution in [-0.2, 0) is 15.9 Å². The topological polar surface area (TPSA) is 76.7 Å². The van der Waals surface area contributed by atoms with Gasteiger partial charge >= 0.3 is 0 Å². The number of benzene rings is 1. The van der Waals surface area contributed by atoms with E-state index in [1.165, 1.54) is 19.1 Å². The first-order valence-electron chi connectivity index (χ1n) is 10.6. The van der Waals surface area contributed by atoms with Crippen molar-refractivity contribution in [2.24, 2.45) is 11.1 Å². The third kappa shape index (κ3) is 7.91. The minimum absolute atomic E-state index is 0.111. The van der Waals surface area contributed by atoms with Gasteiger partial charge in [-0.2, -0.15) is 0 Å². The van der Waals surface area contributed by atoms with Crippen molar-refractivity contribution in [1.82, 2.24) is 5.32 Å². The van der Waals surface area contributed by atoms with Crippen LogP contribution in [-0.4, -0.2) is 67.4 Å². The number of aliphatic hydroxyl groups excluding tert-OH is 1. The normalized spacial score (nSPS) is 24.4. The lowest BCUT2D eigenvalue weighted by Crippen LogP contribution is -2.61. The monoisotopic (exact) mass is 464 g/mol. The molecule has 0 aromatic heterocycles. The summed E-state index contributed by atoms with van der Waals surface area (Å²) in [5.74, 6) is -0.330. The molecule has 1 aliphatic rings. The molecular weight excluding hydrogens is 429 g/mol. The van der Waals surface area contributed by atoms with Crippen LogP contribution in [0, 0.1) is 11.2 Å². The van der Waals surface area contributed by atoms with Crippen molar-refractivity contribution in [2.75, 3.05) is 26.6 Å². The van der Waals surface area contributed by atoms with E-state index < -0.39 is 43.2 Å². The van der Waals surface area contributed by atoms with Crippen LogP contribution in [0.5, 0.6) is 0 Å². The third-order valence-corrected chi connectivity index (χ3v) is 6.17. The second-order valence-electron chi connectivity index (χ2n) is 8.97. The van der Waals surface area contributed by atoms with E-state index in [1.54, 1.807) is 18.7 Å². The number of ether oxygens (including phenoxy) is 2. The van der Waals surface area contributed by atoms with Crippen molar-refractivity contribution in [2.45, 2.75) is 74.8 Å². The lowest BCUT2D eigenvalue weighted by Gasteiger charge is -2.39. The molecule has 0 aliphatic carbocycles. The number of nitrogens with one attached hydrogen (secondary N) is 1. The Balaban J connectivity index is 1.91. The minimum Gasteiger partial charge on any atom is -0.390 e. The first-order valence-corrected chi connectivity index (χ1v) is 11.5. The second kappa shape index (κ2) is 11.9. The van der Waals surface area contributed by atoms with Crippen LogP contribution in [0.1, 0.15) is 33.3 Å². The maximum Gasteiger partial charge on any atom is 0.172 e. The molecule has 0 unspecified atom stereocenters. The standard InChI is InChI=1S/C22H35F3N2O3S/c1-13(2)31-17-6-15(5-16(25)8-17)7-18(26)20(28)19-9-29-21(14(3)27-19)30-12-22(4,10-23)11-24/h5-6,8,13-14,18-21,27-28H,7,9-12,26H2,1-4H3/t14-,18-,19+,20-,21-/m0/s1. The molecule has 9 heteroatoms. The summed E-state index contributed by atoms with van der Waals surface area (Å²) >= 11 is 1.56. The van der Waals surface area contributed by atoms with E-state index in [-0.39, 0.29) is 25.1 Å². The lowest BCUT2D eigenvalue weighted by molar-refractivity contribution is -0.205. The molecule has 0 amide bonds. The SMILES string of the molecule is CC(C)Sc1cc(F)cc(C[C@H](N)[C@H](O)[C@H]2CO[C@@H](OCC(C)(CF)CF)[C@H](C)N2)c1. The molecule has 5 nitrogen and oxygen atoms in total. The van der Waals surface area contributed by atoms with Gasteiger partial charge < -0.3 is 25.6 Å². The van der Waals surface area contributed by atoms with Gasteiger partial charge in [-0.15, -0.1) is 11.8 Å². The Labute approximate surface area is 187 Å². The Hall–Kier alpha value is -0.840. The summed E-state index contributed by atoms with van der Waals surface area (Å²) < 4.78 is 51.2. The zero-order valence-electron chi connectivity index (χ0n) is 18.6. The first-order chi connectivity index (χ1) is 14.6. The zero-order chi connectivity index (χ0) is 23.2. The number of alkyl halides is 2. The lowest BCUT2D eigenvalue weighted by atomic mass is 9.95. The van der Waals surface area contributed by atoms with Crippen LogP contribution in [0.3, 0.4) is 0 Å². The van der Waals surface area contributed by atoms with E-state index >= 15 is 0 Å². The Morgan fingerprint density at radius 2 is 2.00 bits per heavy atom. The summed E-state index contributed by atoms with van der Waals surface area (Å²) in [4.78, 5) is 0.827. The summed E-state index contributed by atoms with van der Waals surface area (Å²) in [6.07, 6.45) is -1.31. The van der Waals surface area contributed by atoms with Gasteiger partial charge in [0, 0.05) is 21.6 Å². The Morgan fingerprint density at radius 1 is 1.32 bits per heavy atom. The molecule has 1 saturated heterocycles. The number of nitrogens with two attached hydrogens (primary N) is 1. The molecule has 1 aromatic rings. The molecule has 5 atom stereocenters. The third-order valence-electron chi connectivity index (χ3n) is 5.19. The van der Waals surface area contributed by atoms with Crippen LogP contribution in [0.4, 0.5) is 13.2 Å². The van der Waals surface area contributed by atoms with Crippen molar-refractivity contribution in [3.8, 4) is 0 Å². The van der Waals surface area contributed by atoms with E-state index in [2.05, 4.69) is 5.32 Å². The van der Waals surface area contributed by atoms with Gasteiger partial charge in [0.15, 0.2) is 6.29 Å². The van der Waals surface area contributed by atoms with Crippen molar-refractivity contribution < 1.29 is 27.8 Å². The summed E-state index contributed by atoms with van der Waals surface area (Å²) in [7, 11) is 0. The van der Waals surface area contributed by atoms with Gasteiger partial charge in [-0.3, -0.25) is 8.78 Å². The average molecular weight is 465 g/mol. The highest BCUT2D eigenvalue weighted by molar-refractivity contribution is 7.99. The van der Waals surface area contributed by atoms with Gasteiger partial charge in [0.05, 0.1) is 44.8 Å². The predicted molar refractivity (Wildman–Crippen MR) is 117 cm³/mol. The molecule has 1 fully saturated rings. The maximum atomic E-state index is 14.0. The largest absolute Gasteiger partial charge is 0.390 e. The number of morpholine rings is 1. The summed E-state index contributed by atoms with van der Waals surface area (Å²) in [6.45, 7) is 5.71. The fraction of sp³-hybridized carbons (Fsp3) is 0.727. The number of halogens is 3. The van der Waals surface area contributed by atoms with E-state index in [1.807, 2.05) is 19.9 Å². The highest BCUT2D eigenvalue weighted by atomic mass is 32.2. The van der Waals surface area contributed by atoms with Crippen molar-refractivity contribution in [3.05, 3.63) is 29.6 Å². The molecule has 0 radical (unpaired) electrons. The number of hydrogen-bond donors (Lipinski definition) is 3. The summed E-state index contributed by atoms with van der Waals surface area (Å²) in [6, 6.07) is 3.42. The minimum atomic E-state index is -1.19. The number of aliphatic hydroxyl groups is 1. The fourth-order valence-electron chi connectivity index (χ4n) is 3.36. The molecular formula is C22H35F3N2O3S. The van der Waals surface area contributed by atoms with E-state index in [9.17, 15) is 18.3 Å². The van der Waals surface area contributed by atoms with Gasteiger partial charge in [0.25, 0.3) is 0 Å². The highest BCUT2D eigenvalue weighted by Gasteiger charge is 2.36. The summed E-state index contributed by atoms with van der Waals surface area (Å²) in [5.41, 5.74) is 5.75. The van der Waals surface area contributed by atoms with E-state index in [4.69, 9.17) is 15.2 Å². The predicted octanol–water partition coefficient (Wildman–Crippen LogP) is 3.22. The Morgan fingerprint density at radius 3 is 2.58 bits per heavy atom. The van der Waals surface area contributed by atoms with Gasteiger partial charge in [-0.05, 0) is 37.1 Å². The van der Waals surface area contributed by atoms with Crippen LogP contribution >= 0.6 is 11.8 Å². The molecule has 1 aliphatic heterocycles. The highest BCUT2D eigenvalue weighted by Crippen LogP contribution is 2.26. The van der Waals surface area contributed by atoms with Crippen molar-refractivity contribution >= 4 is 11.8 Å². The van der Waals surface area contributed by atoms with Crippen molar-refractivity contribution in [1.29, 1.82) is 0 Å². The van der Waals surface area contributed by atoms with Crippen LogP contribution in [0.15, 0.2) is 23.1 Å². The molecule has 1 aromatic carbocycles. The average Bonchev–Trinajstić information content (AvgIpc) is 2.71. The molecule has 0 spiro atoms. The smallest absolute Gasteiger partial charge is 0.172 e. The molecule has 4 N–H and O–H groups in total. The van der Waals surface area contributed by atoms with Gasteiger partial charge in [0.1, 0.15) is 5.82 Å². The fourth-order valence-corrected chi connectivity index (χ4v) is 4.31. The molecule has 31 heavy (non-hydrogen) atoms. The van der Waals surface area contributed by atoms with E-state index in [0.717, 1.165) is 10.5 Å². The zero-order valence-corrected chi connectivity index (χ0v) is 19.4. The molecule has 0 saturated carbocycles. The van der Waals surface area contributed by atoms with Gasteiger partial charge in [-0.25, -0.2) is 4.39 Å². The maximum absolute atomic E-state index is 14.0. The van der Waals surface area contributed by atoms with Crippen LogP contribution < -0.4 is 11.1 Å². The molecule has 0 bridgehead atoms. The quantitative estimate of drug-likeness (QED) is 0.437. The molecule has 178 valence electrons. The molecule has 2 rings (SSSR count). The van der Waals surface area contributed by atoms with Crippen LogP contribution in [0.2, 0.25) is 0 Å². The number of thioether (sulfide) groups is 1. The van der Waals surface area contributed by atoms with Gasteiger partial charge in [-0.1, -0.05) is 20.8 Å². The van der Waals surface area contributed by atoms with Crippen molar-refractivity contribution in [3.63, 3.8) is 0 Å². The number of rotatable bonds is 11. The first kappa shape index (κ1) is 26.4. The van der Waals surface area contributed by atoms with Crippen LogP contribution in [0.25, 0.3) is 0 Å².